The third kappa shape index (κ3) is 4.56. The lowest BCUT2D eigenvalue weighted by molar-refractivity contribution is -0.113. The van der Waals surface area contributed by atoms with Crippen LogP contribution < -0.4 is 5.32 Å². The Kier molecular flexibility index (Phi) is 6.06. The number of aromatic nitrogens is 2. The summed E-state index contributed by atoms with van der Waals surface area (Å²) in [5, 5.41) is 5.55. The molecule has 1 N–H and O–H groups in total. The highest BCUT2D eigenvalue weighted by Crippen LogP contribution is 2.41. The van der Waals surface area contributed by atoms with Crippen molar-refractivity contribution in [2.45, 2.75) is 11.9 Å². The molecule has 29 heavy (non-hydrogen) atoms. The molecule has 0 bridgehead atoms. The fourth-order valence-electron chi connectivity index (χ4n) is 3.04. The molecule has 8 heteroatoms. The third-order valence-corrected chi connectivity index (χ3v) is 6.62. The summed E-state index contributed by atoms with van der Waals surface area (Å²) in [6.45, 7) is 2.08. The Morgan fingerprint density at radius 2 is 1.83 bits per heavy atom. The second-order valence-electron chi connectivity index (χ2n) is 6.25. The molecule has 1 amide bonds. The van der Waals surface area contributed by atoms with Crippen LogP contribution in [0.25, 0.3) is 21.3 Å². The Morgan fingerprint density at radius 1 is 1.10 bits per heavy atom. The summed E-state index contributed by atoms with van der Waals surface area (Å²) in [6, 6.07) is 15.1. The second-order valence-corrected chi connectivity index (χ2v) is 9.29. The Hall–Kier alpha value is -2.12. The highest BCUT2D eigenvalue weighted by molar-refractivity contribution is 8.00. The fraction of sp³-hybridized carbons (Fsp3) is 0.0952. The normalized spacial score (nSPS) is 11.0. The van der Waals surface area contributed by atoms with Crippen LogP contribution in [0.1, 0.15) is 4.88 Å². The van der Waals surface area contributed by atoms with Crippen molar-refractivity contribution in [1.82, 2.24) is 9.97 Å². The van der Waals surface area contributed by atoms with E-state index in [0.29, 0.717) is 15.7 Å². The van der Waals surface area contributed by atoms with E-state index < -0.39 is 0 Å². The monoisotopic (exact) mass is 459 g/mol. The molecule has 0 saturated carbocycles. The zero-order valence-corrected chi connectivity index (χ0v) is 18.4. The molecule has 4 rings (SSSR count). The number of anilines is 1. The summed E-state index contributed by atoms with van der Waals surface area (Å²) in [4.78, 5) is 23.4. The average molecular weight is 460 g/mol. The Bertz CT molecular complexity index is 1180. The Labute approximate surface area is 186 Å². The van der Waals surface area contributed by atoms with Gasteiger partial charge in [0.25, 0.3) is 0 Å². The molecule has 146 valence electrons. The molecule has 0 spiro atoms. The van der Waals surface area contributed by atoms with E-state index in [0.717, 1.165) is 26.4 Å². The van der Waals surface area contributed by atoms with Crippen molar-refractivity contribution < 1.29 is 4.79 Å². The molecule has 0 fully saturated rings. The number of halogens is 2. The summed E-state index contributed by atoms with van der Waals surface area (Å²) in [6.07, 6.45) is 1.55. The van der Waals surface area contributed by atoms with Gasteiger partial charge in [0.1, 0.15) is 16.2 Å². The number of benzene rings is 2. The minimum absolute atomic E-state index is 0.159. The van der Waals surface area contributed by atoms with Crippen molar-refractivity contribution in [2.75, 3.05) is 11.1 Å². The van der Waals surface area contributed by atoms with Crippen LogP contribution in [0.5, 0.6) is 0 Å². The van der Waals surface area contributed by atoms with E-state index in [1.807, 2.05) is 18.2 Å². The number of hydrogen-bond donors (Lipinski definition) is 1. The number of hydrogen-bond acceptors (Lipinski definition) is 5. The first-order valence-electron chi connectivity index (χ1n) is 8.69. The van der Waals surface area contributed by atoms with Crippen LogP contribution in [-0.4, -0.2) is 21.6 Å². The van der Waals surface area contributed by atoms with E-state index >= 15 is 0 Å². The quantitative estimate of drug-likeness (QED) is 0.266. The number of thiophene rings is 1. The molecule has 2 heterocycles. The summed E-state index contributed by atoms with van der Waals surface area (Å²) < 4.78 is 0. The van der Waals surface area contributed by atoms with Crippen LogP contribution in [0, 0.1) is 6.92 Å². The predicted octanol–water partition coefficient (Wildman–Crippen LogP) is 6.70. The third-order valence-electron chi connectivity index (χ3n) is 4.18. The molecule has 0 aliphatic heterocycles. The van der Waals surface area contributed by atoms with E-state index in [9.17, 15) is 4.79 Å². The molecule has 0 saturated heterocycles. The number of thioether (sulfide) groups is 1. The zero-order chi connectivity index (χ0) is 20.4. The highest BCUT2D eigenvalue weighted by Gasteiger charge is 2.17. The first-order valence-corrected chi connectivity index (χ1v) is 11.3. The molecule has 0 radical (unpaired) electrons. The largest absolute Gasteiger partial charge is 0.325 e. The summed E-state index contributed by atoms with van der Waals surface area (Å²) in [5.41, 5.74) is 2.80. The van der Waals surface area contributed by atoms with Gasteiger partial charge in [-0.15, -0.1) is 11.3 Å². The lowest BCUT2D eigenvalue weighted by Gasteiger charge is -2.08. The van der Waals surface area contributed by atoms with Crippen molar-refractivity contribution in [3.63, 3.8) is 0 Å². The maximum absolute atomic E-state index is 12.4. The molecule has 0 unspecified atom stereocenters. The van der Waals surface area contributed by atoms with E-state index in [2.05, 4.69) is 34.3 Å². The summed E-state index contributed by atoms with van der Waals surface area (Å²) in [7, 11) is 0. The van der Waals surface area contributed by atoms with Gasteiger partial charge in [-0.2, -0.15) is 0 Å². The van der Waals surface area contributed by atoms with Crippen molar-refractivity contribution in [1.29, 1.82) is 0 Å². The molecular formula is C21H15Cl2N3OS2. The van der Waals surface area contributed by atoms with Crippen molar-refractivity contribution in [3.8, 4) is 11.1 Å². The molecule has 4 nitrogen and oxygen atoms in total. The van der Waals surface area contributed by atoms with Crippen molar-refractivity contribution in [3.05, 3.63) is 69.8 Å². The van der Waals surface area contributed by atoms with Crippen molar-refractivity contribution in [2.24, 2.45) is 0 Å². The lowest BCUT2D eigenvalue weighted by atomic mass is 10.0. The lowest BCUT2D eigenvalue weighted by Crippen LogP contribution is -2.14. The van der Waals surface area contributed by atoms with Gasteiger partial charge in [-0.3, -0.25) is 4.79 Å². The first kappa shape index (κ1) is 20.2. The second kappa shape index (κ2) is 8.71. The van der Waals surface area contributed by atoms with E-state index in [1.165, 1.54) is 16.6 Å². The zero-order valence-electron chi connectivity index (χ0n) is 15.3. The number of nitrogens with zero attached hydrogens (tertiary/aromatic N) is 2. The minimum atomic E-state index is -0.159. The van der Waals surface area contributed by atoms with Crippen LogP contribution in [0.4, 0.5) is 5.69 Å². The SMILES string of the molecule is Cc1sc2ncnc(SCC(=O)Nc3cc(Cl)cc(Cl)c3)c2c1-c1ccccc1. The predicted molar refractivity (Wildman–Crippen MR) is 123 cm³/mol. The smallest absolute Gasteiger partial charge is 0.234 e. The molecular weight excluding hydrogens is 445 g/mol. The van der Waals surface area contributed by atoms with Gasteiger partial charge in [-0.05, 0) is 30.7 Å². The van der Waals surface area contributed by atoms with Gasteiger partial charge in [-0.25, -0.2) is 9.97 Å². The number of aryl methyl sites for hydroxylation is 1. The van der Waals surface area contributed by atoms with Crippen molar-refractivity contribution >= 4 is 68.1 Å². The number of fused-ring (bicyclic) bond motifs is 1. The number of carbonyl (C=O) groups excluding carboxylic acids is 1. The summed E-state index contributed by atoms with van der Waals surface area (Å²) in [5.74, 6) is 0.0487. The van der Waals surface area contributed by atoms with Gasteiger partial charge in [0.2, 0.25) is 5.91 Å². The molecule has 0 aliphatic rings. The number of rotatable bonds is 5. The number of amides is 1. The maximum Gasteiger partial charge on any atom is 0.234 e. The van der Waals surface area contributed by atoms with Gasteiger partial charge in [0.05, 0.1) is 11.1 Å². The van der Waals surface area contributed by atoms with Crippen LogP contribution in [-0.2, 0) is 4.79 Å². The molecule has 2 aromatic heterocycles. The van der Waals surface area contributed by atoms with Gasteiger partial charge in [0, 0.05) is 26.2 Å². The van der Waals surface area contributed by atoms with E-state index in [4.69, 9.17) is 23.2 Å². The number of carbonyl (C=O) groups is 1. The van der Waals surface area contributed by atoms with Crippen LogP contribution in [0.2, 0.25) is 10.0 Å². The molecule has 0 aliphatic carbocycles. The van der Waals surface area contributed by atoms with E-state index in [1.54, 1.807) is 35.9 Å². The van der Waals surface area contributed by atoms with Crippen LogP contribution in [0.3, 0.4) is 0 Å². The highest BCUT2D eigenvalue weighted by atomic mass is 35.5. The molecule has 0 atom stereocenters. The first-order chi connectivity index (χ1) is 14.0. The van der Waals surface area contributed by atoms with Gasteiger partial charge in [0.15, 0.2) is 0 Å². The van der Waals surface area contributed by atoms with Crippen LogP contribution in [0.15, 0.2) is 59.9 Å². The van der Waals surface area contributed by atoms with E-state index in [-0.39, 0.29) is 11.7 Å². The standard InChI is InChI=1S/C21H15Cl2N3OS2/c1-12-18(13-5-3-2-4-6-13)19-20(24-11-25-21(19)29-12)28-10-17(27)26-16-8-14(22)7-15(23)9-16/h2-9,11H,10H2,1H3,(H,26,27). The molecule has 4 aromatic rings. The Balaban J connectivity index is 1.59. The summed E-state index contributed by atoms with van der Waals surface area (Å²) >= 11 is 15.0. The molecule has 2 aromatic carbocycles. The Morgan fingerprint density at radius 3 is 2.55 bits per heavy atom. The maximum atomic E-state index is 12.4. The average Bonchev–Trinajstić information content (AvgIpc) is 3.02. The number of nitrogens with one attached hydrogen (secondary N) is 1. The van der Waals surface area contributed by atoms with Crippen LogP contribution >= 0.6 is 46.3 Å². The van der Waals surface area contributed by atoms with Gasteiger partial charge < -0.3 is 5.32 Å². The topological polar surface area (TPSA) is 54.9 Å². The minimum Gasteiger partial charge on any atom is -0.325 e. The fourth-order valence-corrected chi connectivity index (χ4v) is 5.44. The van der Waals surface area contributed by atoms with Gasteiger partial charge >= 0.3 is 0 Å². The van der Waals surface area contributed by atoms with Gasteiger partial charge in [-0.1, -0.05) is 65.3 Å².